The normalized spacial score (nSPS) is 11.6. The predicted molar refractivity (Wildman–Crippen MR) is 56.3 cm³/mol. The molecule has 0 fully saturated rings. The largest absolute Gasteiger partial charge is 0.459 e. The molecule has 5 heteroatoms. The molecule has 0 saturated carbocycles. The fraction of sp³-hybridized carbons (Fsp3) is 0.273. The molecule has 16 heavy (non-hydrogen) atoms. The van der Waals surface area contributed by atoms with Crippen molar-refractivity contribution in [3.8, 4) is 0 Å². The molecule has 0 heterocycles. The summed E-state index contributed by atoms with van der Waals surface area (Å²) in [6.07, 6.45) is 0.352. The molecule has 0 aliphatic rings. The van der Waals surface area contributed by atoms with Gasteiger partial charge in [0.1, 0.15) is 12.6 Å². The highest BCUT2D eigenvalue weighted by Gasteiger charge is 2.17. The third kappa shape index (κ3) is 3.70. The molecule has 0 aromatic heterocycles. The number of nitrogens with one attached hydrogen (secondary N) is 1. The molecule has 5 nitrogen and oxygen atoms in total. The molecule has 1 aromatic rings. The van der Waals surface area contributed by atoms with Gasteiger partial charge in [-0.25, -0.2) is 4.79 Å². The molecule has 0 aliphatic carbocycles. The van der Waals surface area contributed by atoms with E-state index in [1.165, 1.54) is 0 Å². The molecular formula is C11H13NO4. The minimum Gasteiger partial charge on any atom is -0.459 e. The Bertz CT molecular complexity index is 339. The summed E-state index contributed by atoms with van der Waals surface area (Å²) in [6.45, 7) is -0.358. The van der Waals surface area contributed by atoms with Crippen molar-refractivity contribution < 1.29 is 19.4 Å². The summed E-state index contributed by atoms with van der Waals surface area (Å²) in [7, 11) is 0. The Morgan fingerprint density at radius 1 is 1.44 bits per heavy atom. The molecular weight excluding hydrogens is 210 g/mol. The summed E-state index contributed by atoms with van der Waals surface area (Å²) in [5, 5.41) is 11.0. The molecule has 1 atom stereocenters. The molecule has 0 aliphatic heterocycles. The number of esters is 1. The fourth-order valence-corrected chi connectivity index (χ4v) is 1.11. The lowest BCUT2D eigenvalue weighted by molar-refractivity contribution is -0.149. The van der Waals surface area contributed by atoms with Crippen LogP contribution in [-0.4, -0.2) is 30.1 Å². The first-order valence-electron chi connectivity index (χ1n) is 4.79. The van der Waals surface area contributed by atoms with E-state index in [0.29, 0.717) is 6.41 Å². The van der Waals surface area contributed by atoms with E-state index in [1.807, 2.05) is 30.3 Å². The van der Waals surface area contributed by atoms with Gasteiger partial charge in [0.25, 0.3) is 0 Å². The van der Waals surface area contributed by atoms with E-state index >= 15 is 0 Å². The van der Waals surface area contributed by atoms with Crippen molar-refractivity contribution >= 4 is 12.4 Å². The quantitative estimate of drug-likeness (QED) is 0.519. The second-order valence-corrected chi connectivity index (χ2v) is 3.11. The van der Waals surface area contributed by atoms with Crippen molar-refractivity contribution in [1.29, 1.82) is 0 Å². The lowest BCUT2D eigenvalue weighted by Crippen LogP contribution is -2.40. The van der Waals surface area contributed by atoms with Gasteiger partial charge in [-0.05, 0) is 5.56 Å². The van der Waals surface area contributed by atoms with E-state index in [2.05, 4.69) is 5.32 Å². The zero-order valence-corrected chi connectivity index (χ0v) is 8.63. The molecule has 0 spiro atoms. The highest BCUT2D eigenvalue weighted by Crippen LogP contribution is 2.01. The van der Waals surface area contributed by atoms with E-state index in [0.717, 1.165) is 5.56 Å². The number of amides is 1. The summed E-state index contributed by atoms with van der Waals surface area (Å²) < 4.78 is 4.91. The zero-order valence-electron chi connectivity index (χ0n) is 8.63. The fourth-order valence-electron chi connectivity index (χ4n) is 1.11. The average molecular weight is 223 g/mol. The maximum absolute atomic E-state index is 11.3. The number of aliphatic hydroxyl groups is 1. The van der Waals surface area contributed by atoms with E-state index in [9.17, 15) is 9.59 Å². The number of carbonyl (C=O) groups excluding carboxylic acids is 2. The van der Waals surface area contributed by atoms with Crippen LogP contribution >= 0.6 is 0 Å². The summed E-state index contributed by atoms with van der Waals surface area (Å²) >= 11 is 0. The van der Waals surface area contributed by atoms with Crippen LogP contribution < -0.4 is 5.32 Å². The van der Waals surface area contributed by atoms with E-state index in [1.54, 1.807) is 0 Å². The molecule has 86 valence electrons. The predicted octanol–water partition coefficient (Wildman–Crippen LogP) is -0.163. The van der Waals surface area contributed by atoms with Crippen LogP contribution in [0.5, 0.6) is 0 Å². The number of carbonyl (C=O) groups is 2. The van der Waals surface area contributed by atoms with Crippen LogP contribution in [0.15, 0.2) is 30.3 Å². The third-order valence-corrected chi connectivity index (χ3v) is 1.96. The van der Waals surface area contributed by atoms with E-state index in [-0.39, 0.29) is 6.61 Å². The highest BCUT2D eigenvalue weighted by atomic mass is 16.5. The smallest absolute Gasteiger partial charge is 0.331 e. The lowest BCUT2D eigenvalue weighted by atomic mass is 10.2. The SMILES string of the molecule is O=CN[C@@H](CO)C(=O)OCc1ccccc1. The second kappa shape index (κ2) is 6.58. The Labute approximate surface area is 93.0 Å². The molecule has 0 saturated heterocycles. The maximum atomic E-state index is 11.3. The molecule has 0 unspecified atom stereocenters. The first-order chi connectivity index (χ1) is 7.77. The van der Waals surface area contributed by atoms with E-state index < -0.39 is 18.6 Å². The Balaban J connectivity index is 2.42. The molecule has 1 aromatic carbocycles. The zero-order chi connectivity index (χ0) is 11.8. The minimum absolute atomic E-state index is 0.122. The monoisotopic (exact) mass is 223 g/mol. The topological polar surface area (TPSA) is 75.6 Å². The summed E-state index contributed by atoms with van der Waals surface area (Å²) in [4.78, 5) is 21.5. The number of aliphatic hydroxyl groups excluding tert-OH is 1. The van der Waals surface area contributed by atoms with Crippen LogP contribution in [0, 0.1) is 0 Å². The van der Waals surface area contributed by atoms with Crippen molar-refractivity contribution in [3.05, 3.63) is 35.9 Å². The summed E-state index contributed by atoms with van der Waals surface area (Å²) in [5.41, 5.74) is 0.846. The van der Waals surface area contributed by atoms with Gasteiger partial charge in [-0.15, -0.1) is 0 Å². The van der Waals surface area contributed by atoms with Gasteiger partial charge < -0.3 is 15.2 Å². The highest BCUT2D eigenvalue weighted by molar-refractivity contribution is 5.78. The third-order valence-electron chi connectivity index (χ3n) is 1.96. The molecule has 1 rings (SSSR count). The summed E-state index contributed by atoms with van der Waals surface area (Å²) in [5.74, 6) is -0.654. The van der Waals surface area contributed by atoms with Crippen molar-refractivity contribution in [2.45, 2.75) is 12.6 Å². The van der Waals surface area contributed by atoms with Crippen molar-refractivity contribution in [2.24, 2.45) is 0 Å². The molecule has 0 radical (unpaired) electrons. The van der Waals surface area contributed by atoms with Gasteiger partial charge in [-0.1, -0.05) is 30.3 Å². The first kappa shape index (κ1) is 12.2. The van der Waals surface area contributed by atoms with Crippen LogP contribution in [0.4, 0.5) is 0 Å². The summed E-state index contributed by atoms with van der Waals surface area (Å²) in [6, 6.07) is 8.15. The van der Waals surface area contributed by atoms with Crippen molar-refractivity contribution in [2.75, 3.05) is 6.61 Å². The van der Waals surface area contributed by atoms with Gasteiger partial charge >= 0.3 is 5.97 Å². The molecule has 0 bridgehead atoms. The van der Waals surface area contributed by atoms with Gasteiger partial charge in [0.05, 0.1) is 6.61 Å². The number of benzene rings is 1. The maximum Gasteiger partial charge on any atom is 0.331 e. The standard InChI is InChI=1S/C11H13NO4/c13-6-10(12-8-14)11(15)16-7-9-4-2-1-3-5-9/h1-5,8,10,13H,6-7H2,(H,12,14)/t10-/m0/s1. The number of hydrogen-bond donors (Lipinski definition) is 2. The Hall–Kier alpha value is -1.88. The van der Waals surface area contributed by atoms with Crippen LogP contribution in [-0.2, 0) is 20.9 Å². The van der Waals surface area contributed by atoms with Gasteiger partial charge in [0.15, 0.2) is 0 Å². The van der Waals surface area contributed by atoms with E-state index in [4.69, 9.17) is 9.84 Å². The van der Waals surface area contributed by atoms with Crippen molar-refractivity contribution in [1.82, 2.24) is 5.32 Å². The van der Waals surface area contributed by atoms with Gasteiger partial charge in [0.2, 0.25) is 6.41 Å². The number of ether oxygens (including phenoxy) is 1. The van der Waals surface area contributed by atoms with Crippen LogP contribution in [0.3, 0.4) is 0 Å². The Kier molecular flexibility index (Phi) is 5.01. The average Bonchev–Trinajstić information content (AvgIpc) is 2.34. The number of rotatable bonds is 6. The van der Waals surface area contributed by atoms with Crippen LogP contribution in [0.2, 0.25) is 0 Å². The Morgan fingerprint density at radius 2 is 2.12 bits per heavy atom. The minimum atomic E-state index is -0.999. The van der Waals surface area contributed by atoms with Crippen LogP contribution in [0.25, 0.3) is 0 Å². The van der Waals surface area contributed by atoms with Crippen LogP contribution in [0.1, 0.15) is 5.56 Å². The Morgan fingerprint density at radius 3 is 2.69 bits per heavy atom. The lowest BCUT2D eigenvalue weighted by Gasteiger charge is -2.12. The molecule has 2 N–H and O–H groups in total. The molecule has 1 amide bonds. The van der Waals surface area contributed by atoms with Gasteiger partial charge in [-0.3, -0.25) is 4.79 Å². The van der Waals surface area contributed by atoms with Gasteiger partial charge in [-0.2, -0.15) is 0 Å². The van der Waals surface area contributed by atoms with Gasteiger partial charge in [0, 0.05) is 0 Å². The van der Waals surface area contributed by atoms with Crippen molar-refractivity contribution in [3.63, 3.8) is 0 Å². The first-order valence-corrected chi connectivity index (χ1v) is 4.79. The number of hydrogen-bond acceptors (Lipinski definition) is 4. The second-order valence-electron chi connectivity index (χ2n) is 3.11.